The van der Waals surface area contributed by atoms with Gasteiger partial charge in [0.1, 0.15) is 0 Å². The third kappa shape index (κ3) is 5.69. The van der Waals surface area contributed by atoms with Crippen LogP contribution in [0.4, 0.5) is 13.2 Å². The predicted octanol–water partition coefficient (Wildman–Crippen LogP) is 1.29. The Bertz CT molecular complexity index is 512. The molecular formula is C13H23F3N4O2S. The van der Waals surface area contributed by atoms with Gasteiger partial charge in [-0.2, -0.15) is 17.5 Å². The van der Waals surface area contributed by atoms with Crippen LogP contribution in [0, 0.1) is 5.92 Å². The molecule has 0 aliphatic carbocycles. The Morgan fingerprint density at radius 1 is 1.35 bits per heavy atom. The molecule has 1 rings (SSSR count). The number of sulfonamides is 1. The van der Waals surface area contributed by atoms with Crippen LogP contribution in [-0.2, 0) is 10.0 Å². The monoisotopic (exact) mass is 356 g/mol. The lowest BCUT2D eigenvalue weighted by atomic mass is 9.98. The molecular weight excluding hydrogens is 333 g/mol. The van der Waals surface area contributed by atoms with Crippen LogP contribution in [0.2, 0.25) is 0 Å². The second-order valence-electron chi connectivity index (χ2n) is 5.18. The van der Waals surface area contributed by atoms with Crippen molar-refractivity contribution >= 4 is 16.0 Å². The lowest BCUT2D eigenvalue weighted by molar-refractivity contribution is -0.0496. The first kappa shape index (κ1) is 19.8. The quantitative estimate of drug-likeness (QED) is 0.427. The van der Waals surface area contributed by atoms with Crippen molar-refractivity contribution in [3.63, 3.8) is 0 Å². The van der Waals surface area contributed by atoms with Crippen LogP contribution in [0.5, 0.6) is 0 Å². The van der Waals surface area contributed by atoms with E-state index in [1.165, 1.54) is 0 Å². The summed E-state index contributed by atoms with van der Waals surface area (Å²) in [7, 11) is -5.21. The van der Waals surface area contributed by atoms with Crippen molar-refractivity contribution in [1.29, 1.82) is 0 Å². The van der Waals surface area contributed by atoms with Crippen LogP contribution in [0.3, 0.4) is 0 Å². The summed E-state index contributed by atoms with van der Waals surface area (Å²) in [4.78, 5) is 4.37. The number of halogens is 3. The van der Waals surface area contributed by atoms with Crippen LogP contribution < -0.4 is 10.6 Å². The fourth-order valence-corrected chi connectivity index (χ4v) is 3.19. The van der Waals surface area contributed by atoms with Crippen LogP contribution in [-0.4, -0.2) is 56.9 Å². The molecule has 0 saturated carbocycles. The number of hydrogen-bond donors (Lipinski definition) is 2. The fourth-order valence-electron chi connectivity index (χ4n) is 2.21. The summed E-state index contributed by atoms with van der Waals surface area (Å²) < 4.78 is 60.7. The van der Waals surface area contributed by atoms with E-state index in [1.807, 2.05) is 6.92 Å². The van der Waals surface area contributed by atoms with Crippen molar-refractivity contribution in [3.05, 3.63) is 12.7 Å². The summed E-state index contributed by atoms with van der Waals surface area (Å²) in [5, 5.41) is 6.07. The van der Waals surface area contributed by atoms with E-state index in [1.54, 1.807) is 6.08 Å². The molecule has 0 atom stereocenters. The maximum atomic E-state index is 12.5. The minimum absolute atomic E-state index is 0.0638. The van der Waals surface area contributed by atoms with Gasteiger partial charge in [0.15, 0.2) is 5.96 Å². The molecule has 0 amide bonds. The zero-order valence-corrected chi connectivity index (χ0v) is 13.9. The van der Waals surface area contributed by atoms with E-state index < -0.39 is 15.5 Å². The Balaban J connectivity index is 2.54. The zero-order valence-electron chi connectivity index (χ0n) is 13.1. The smallest absolute Gasteiger partial charge is 0.357 e. The maximum absolute atomic E-state index is 12.5. The number of nitrogens with zero attached hydrogens (tertiary/aromatic N) is 2. The maximum Gasteiger partial charge on any atom is 0.511 e. The van der Waals surface area contributed by atoms with Crippen molar-refractivity contribution in [2.45, 2.75) is 25.3 Å². The number of guanidine groups is 1. The van der Waals surface area contributed by atoms with E-state index >= 15 is 0 Å². The molecule has 0 aromatic heterocycles. The average Bonchev–Trinajstić information content (AvgIpc) is 2.49. The summed E-state index contributed by atoms with van der Waals surface area (Å²) >= 11 is 0. The highest BCUT2D eigenvalue weighted by Gasteiger charge is 2.50. The zero-order chi connectivity index (χ0) is 17.5. The van der Waals surface area contributed by atoms with Gasteiger partial charge in [0.05, 0.1) is 0 Å². The van der Waals surface area contributed by atoms with Crippen LogP contribution in [0.15, 0.2) is 17.6 Å². The number of aliphatic imine (C=N–C) groups is 1. The van der Waals surface area contributed by atoms with Crippen LogP contribution in [0.1, 0.15) is 19.8 Å². The molecule has 1 aliphatic rings. The average molecular weight is 356 g/mol. The molecule has 1 saturated heterocycles. The van der Waals surface area contributed by atoms with Crippen molar-refractivity contribution < 1.29 is 21.6 Å². The summed E-state index contributed by atoms with van der Waals surface area (Å²) in [6.45, 7) is 6.94. The highest BCUT2D eigenvalue weighted by molar-refractivity contribution is 7.90. The highest BCUT2D eigenvalue weighted by atomic mass is 32.2. The Labute approximate surface area is 134 Å². The van der Waals surface area contributed by atoms with Gasteiger partial charge >= 0.3 is 15.5 Å². The lowest BCUT2D eigenvalue weighted by Gasteiger charge is -2.30. The molecule has 1 fully saturated rings. The Morgan fingerprint density at radius 3 is 2.43 bits per heavy atom. The third-order valence-electron chi connectivity index (χ3n) is 3.47. The topological polar surface area (TPSA) is 73.8 Å². The SMILES string of the molecule is C=CCNC(=NCC1CCN(S(=O)(=O)C(F)(F)F)CC1)NCC. The van der Waals surface area contributed by atoms with Crippen LogP contribution >= 0.6 is 0 Å². The first-order valence-corrected chi connectivity index (χ1v) is 8.85. The number of nitrogens with one attached hydrogen (secondary N) is 2. The molecule has 1 aliphatic heterocycles. The summed E-state index contributed by atoms with van der Waals surface area (Å²) in [5.41, 5.74) is -5.23. The normalized spacial score (nSPS) is 18.7. The molecule has 0 aromatic carbocycles. The number of rotatable bonds is 6. The summed E-state index contributed by atoms with van der Waals surface area (Å²) in [5.74, 6) is 0.673. The second-order valence-corrected chi connectivity index (χ2v) is 7.11. The Hall–Kier alpha value is -1.29. The van der Waals surface area contributed by atoms with Gasteiger partial charge in [0.25, 0.3) is 0 Å². The number of hydrogen-bond acceptors (Lipinski definition) is 3. The molecule has 0 spiro atoms. The second kappa shape index (κ2) is 8.53. The summed E-state index contributed by atoms with van der Waals surface area (Å²) in [6.07, 6.45) is 2.41. The van der Waals surface area contributed by atoms with E-state index in [4.69, 9.17) is 0 Å². The largest absolute Gasteiger partial charge is 0.511 e. The highest BCUT2D eigenvalue weighted by Crippen LogP contribution is 2.30. The van der Waals surface area contributed by atoms with Gasteiger partial charge in [-0.15, -0.1) is 6.58 Å². The van der Waals surface area contributed by atoms with Gasteiger partial charge < -0.3 is 10.6 Å². The van der Waals surface area contributed by atoms with E-state index in [0.29, 0.717) is 42.7 Å². The summed E-state index contributed by atoms with van der Waals surface area (Å²) in [6, 6.07) is 0. The van der Waals surface area contributed by atoms with Crippen molar-refractivity contribution in [2.24, 2.45) is 10.9 Å². The van der Waals surface area contributed by atoms with Gasteiger partial charge in [0, 0.05) is 32.7 Å². The Morgan fingerprint density at radius 2 is 1.96 bits per heavy atom. The van der Waals surface area contributed by atoms with E-state index in [-0.39, 0.29) is 19.0 Å². The minimum atomic E-state index is -5.23. The van der Waals surface area contributed by atoms with Crippen molar-refractivity contribution in [3.8, 4) is 0 Å². The Kier molecular flexibility index (Phi) is 7.33. The molecule has 0 aromatic rings. The first-order valence-electron chi connectivity index (χ1n) is 7.41. The van der Waals surface area contributed by atoms with Crippen molar-refractivity contribution in [2.75, 3.05) is 32.7 Å². The first-order chi connectivity index (χ1) is 10.7. The van der Waals surface area contributed by atoms with Crippen molar-refractivity contribution in [1.82, 2.24) is 14.9 Å². The van der Waals surface area contributed by atoms with E-state index in [9.17, 15) is 21.6 Å². The molecule has 134 valence electrons. The molecule has 0 unspecified atom stereocenters. The van der Waals surface area contributed by atoms with E-state index in [0.717, 1.165) is 0 Å². The lowest BCUT2D eigenvalue weighted by Crippen LogP contribution is -2.45. The number of piperidine rings is 1. The molecule has 1 heterocycles. The molecule has 6 nitrogen and oxygen atoms in total. The third-order valence-corrected chi connectivity index (χ3v) is 5.10. The van der Waals surface area contributed by atoms with Gasteiger partial charge in [-0.05, 0) is 25.7 Å². The fraction of sp³-hybridized carbons (Fsp3) is 0.769. The van der Waals surface area contributed by atoms with Gasteiger partial charge in [0.2, 0.25) is 0 Å². The minimum Gasteiger partial charge on any atom is -0.357 e. The van der Waals surface area contributed by atoms with Gasteiger partial charge in [-0.25, -0.2) is 8.42 Å². The standard InChI is InChI=1S/C13H23F3N4O2S/c1-3-7-18-12(17-4-2)19-10-11-5-8-20(9-6-11)23(21,22)13(14,15)16/h3,11H,1,4-10H2,2H3,(H2,17,18,19). The molecule has 0 bridgehead atoms. The van der Waals surface area contributed by atoms with Gasteiger partial charge in [-0.3, -0.25) is 4.99 Å². The number of alkyl halides is 3. The molecule has 23 heavy (non-hydrogen) atoms. The molecule has 10 heteroatoms. The molecule has 2 N–H and O–H groups in total. The van der Waals surface area contributed by atoms with E-state index in [2.05, 4.69) is 22.2 Å². The predicted molar refractivity (Wildman–Crippen MR) is 83.5 cm³/mol. The van der Waals surface area contributed by atoms with Gasteiger partial charge in [-0.1, -0.05) is 6.08 Å². The van der Waals surface area contributed by atoms with Crippen LogP contribution in [0.25, 0.3) is 0 Å². The molecule has 0 radical (unpaired) electrons.